The Labute approximate surface area is 94.0 Å². The standard InChI is InChI=1S/C13H11O2P/c14-13-11-7-2-1-5-9(11)10-6-3-4-8-12(10)16(13)15/h1-3,5-7,15H,4,8H2. The summed E-state index contributed by atoms with van der Waals surface area (Å²) in [7, 11) is -1.61. The highest BCUT2D eigenvalue weighted by Gasteiger charge is 2.15. The predicted octanol–water partition coefficient (Wildman–Crippen LogP) is 2.90. The SMILES string of the molecule is O=c1c2ccccc2c2c(p1O)CCC=C2. The molecule has 80 valence electrons. The lowest BCUT2D eigenvalue weighted by molar-refractivity contribution is 0.644. The number of allylic oxidation sites excluding steroid dienone is 1. The fourth-order valence-corrected chi connectivity index (χ4v) is 3.69. The van der Waals surface area contributed by atoms with E-state index in [1.54, 1.807) is 6.07 Å². The average Bonchev–Trinajstić information content (AvgIpc) is 2.36. The normalized spacial score (nSPS) is 15.2. The van der Waals surface area contributed by atoms with Gasteiger partial charge in [-0.3, -0.25) is 4.79 Å². The second kappa shape index (κ2) is 3.58. The van der Waals surface area contributed by atoms with Crippen LogP contribution in [-0.2, 0) is 6.42 Å². The van der Waals surface area contributed by atoms with Crippen molar-refractivity contribution in [2.24, 2.45) is 0 Å². The Kier molecular flexibility index (Phi) is 2.20. The molecule has 1 aromatic carbocycles. The second-order valence-electron chi connectivity index (χ2n) is 3.96. The molecular formula is C13H11O2P. The zero-order valence-electron chi connectivity index (χ0n) is 8.68. The maximum atomic E-state index is 12.0. The minimum Gasteiger partial charge on any atom is -0.343 e. The molecule has 1 unspecified atom stereocenters. The van der Waals surface area contributed by atoms with E-state index >= 15 is 0 Å². The smallest absolute Gasteiger partial charge is 0.230 e. The quantitative estimate of drug-likeness (QED) is 0.755. The number of fused-ring (bicyclic) bond motifs is 3. The maximum Gasteiger partial charge on any atom is 0.230 e. The van der Waals surface area contributed by atoms with E-state index in [0.29, 0.717) is 5.39 Å². The topological polar surface area (TPSA) is 37.3 Å². The molecule has 1 atom stereocenters. The Balaban J connectivity index is 2.57. The molecule has 0 bridgehead atoms. The lowest BCUT2D eigenvalue weighted by atomic mass is 10.0. The Morgan fingerprint density at radius 2 is 1.94 bits per heavy atom. The van der Waals surface area contributed by atoms with Crippen molar-refractivity contribution in [3.8, 4) is 0 Å². The second-order valence-corrected chi connectivity index (χ2v) is 5.53. The van der Waals surface area contributed by atoms with Crippen LogP contribution in [0.2, 0.25) is 0 Å². The van der Waals surface area contributed by atoms with Crippen molar-refractivity contribution in [3.63, 3.8) is 0 Å². The van der Waals surface area contributed by atoms with Gasteiger partial charge in [0.1, 0.15) is 0 Å². The third kappa shape index (κ3) is 1.27. The van der Waals surface area contributed by atoms with Crippen LogP contribution < -0.4 is 5.16 Å². The van der Waals surface area contributed by atoms with Crippen LogP contribution >= 0.6 is 7.76 Å². The van der Waals surface area contributed by atoms with Crippen molar-refractivity contribution >= 4 is 24.6 Å². The number of rotatable bonds is 0. The van der Waals surface area contributed by atoms with E-state index in [4.69, 9.17) is 0 Å². The first kappa shape index (κ1) is 9.83. The summed E-state index contributed by atoms with van der Waals surface area (Å²) in [4.78, 5) is 22.0. The fourth-order valence-electron chi connectivity index (χ4n) is 2.26. The van der Waals surface area contributed by atoms with Crippen LogP contribution in [0.3, 0.4) is 0 Å². The maximum absolute atomic E-state index is 12.0. The monoisotopic (exact) mass is 230 g/mol. The number of hydrogen-bond donors (Lipinski definition) is 1. The van der Waals surface area contributed by atoms with Gasteiger partial charge in [0.2, 0.25) is 5.16 Å². The molecule has 0 aliphatic heterocycles. The van der Waals surface area contributed by atoms with Crippen LogP contribution in [0.5, 0.6) is 0 Å². The van der Waals surface area contributed by atoms with Gasteiger partial charge in [0.25, 0.3) is 0 Å². The van der Waals surface area contributed by atoms with Gasteiger partial charge in [0.15, 0.2) is 0 Å². The van der Waals surface area contributed by atoms with Crippen molar-refractivity contribution in [2.75, 3.05) is 0 Å². The molecule has 0 fully saturated rings. The lowest BCUT2D eigenvalue weighted by Crippen LogP contribution is -2.05. The Morgan fingerprint density at radius 1 is 1.19 bits per heavy atom. The van der Waals surface area contributed by atoms with Crippen LogP contribution in [0.25, 0.3) is 16.8 Å². The highest BCUT2D eigenvalue weighted by atomic mass is 31.1. The van der Waals surface area contributed by atoms with Crippen LogP contribution in [-0.4, -0.2) is 4.89 Å². The molecule has 2 aromatic rings. The van der Waals surface area contributed by atoms with Gasteiger partial charge in [0.05, 0.1) is 7.76 Å². The molecule has 0 saturated heterocycles. The molecule has 0 radical (unpaired) electrons. The largest absolute Gasteiger partial charge is 0.343 e. The van der Waals surface area contributed by atoms with E-state index < -0.39 is 7.76 Å². The average molecular weight is 230 g/mol. The minimum atomic E-state index is -1.61. The molecule has 0 amide bonds. The summed E-state index contributed by atoms with van der Waals surface area (Å²) < 4.78 is 0. The van der Waals surface area contributed by atoms with Gasteiger partial charge in [-0.05, 0) is 29.9 Å². The molecule has 2 nitrogen and oxygen atoms in total. The molecular weight excluding hydrogens is 219 g/mol. The van der Waals surface area contributed by atoms with Crippen molar-refractivity contribution in [2.45, 2.75) is 12.8 Å². The van der Waals surface area contributed by atoms with Crippen LogP contribution in [0.4, 0.5) is 0 Å². The molecule has 16 heavy (non-hydrogen) atoms. The third-order valence-electron chi connectivity index (χ3n) is 3.04. The minimum absolute atomic E-state index is 0.0975. The molecule has 1 aliphatic carbocycles. The fraction of sp³-hybridized carbons (Fsp3) is 0.154. The van der Waals surface area contributed by atoms with E-state index in [1.165, 1.54) is 0 Å². The van der Waals surface area contributed by atoms with Gasteiger partial charge >= 0.3 is 0 Å². The van der Waals surface area contributed by atoms with E-state index in [9.17, 15) is 9.69 Å². The van der Waals surface area contributed by atoms with Gasteiger partial charge in [0, 0.05) is 10.7 Å². The summed E-state index contributed by atoms with van der Waals surface area (Å²) in [6.45, 7) is 0. The third-order valence-corrected chi connectivity index (χ3v) is 4.64. The van der Waals surface area contributed by atoms with E-state index in [2.05, 4.69) is 6.08 Å². The van der Waals surface area contributed by atoms with Crippen LogP contribution in [0.1, 0.15) is 17.3 Å². The Bertz CT molecular complexity index is 653. The summed E-state index contributed by atoms with van der Waals surface area (Å²) in [5.74, 6) is 0. The zero-order chi connectivity index (χ0) is 11.1. The van der Waals surface area contributed by atoms with Gasteiger partial charge in [-0.25, -0.2) is 0 Å². The van der Waals surface area contributed by atoms with Crippen LogP contribution in [0.15, 0.2) is 35.1 Å². The highest BCUT2D eigenvalue weighted by Crippen LogP contribution is 2.36. The highest BCUT2D eigenvalue weighted by molar-refractivity contribution is 7.43. The van der Waals surface area contributed by atoms with Gasteiger partial charge in [-0.15, -0.1) is 0 Å². The molecule has 1 aromatic heterocycles. The van der Waals surface area contributed by atoms with Gasteiger partial charge < -0.3 is 4.89 Å². The van der Waals surface area contributed by atoms with E-state index in [1.807, 2.05) is 24.3 Å². The molecule has 3 heteroatoms. The lowest BCUT2D eigenvalue weighted by Gasteiger charge is -2.14. The summed E-state index contributed by atoms with van der Waals surface area (Å²) in [5.41, 5.74) is 1.06. The molecule has 0 spiro atoms. The van der Waals surface area contributed by atoms with Crippen molar-refractivity contribution in [1.82, 2.24) is 0 Å². The predicted molar refractivity (Wildman–Crippen MR) is 67.9 cm³/mol. The summed E-state index contributed by atoms with van der Waals surface area (Å²) >= 11 is 0. The number of hydrogen-bond acceptors (Lipinski definition) is 2. The van der Waals surface area contributed by atoms with Crippen molar-refractivity contribution in [3.05, 3.63) is 51.2 Å². The summed E-state index contributed by atoms with van der Waals surface area (Å²) in [5, 5.41) is 2.49. The molecule has 1 N–H and O–H groups in total. The summed E-state index contributed by atoms with van der Waals surface area (Å²) in [6, 6.07) is 7.54. The first-order chi connectivity index (χ1) is 7.79. The van der Waals surface area contributed by atoms with Gasteiger partial charge in [-0.1, -0.05) is 30.4 Å². The van der Waals surface area contributed by atoms with E-state index in [-0.39, 0.29) is 5.16 Å². The van der Waals surface area contributed by atoms with Crippen LogP contribution in [0, 0.1) is 0 Å². The number of benzene rings is 1. The molecule has 0 saturated carbocycles. The first-order valence-electron chi connectivity index (χ1n) is 5.31. The molecule has 1 heterocycles. The van der Waals surface area contributed by atoms with Gasteiger partial charge in [-0.2, -0.15) is 0 Å². The van der Waals surface area contributed by atoms with Crippen molar-refractivity contribution < 1.29 is 4.89 Å². The van der Waals surface area contributed by atoms with Crippen molar-refractivity contribution in [1.29, 1.82) is 0 Å². The Hall–Kier alpha value is -1.37. The van der Waals surface area contributed by atoms with E-state index in [0.717, 1.165) is 29.1 Å². The molecule has 3 rings (SSSR count). The zero-order valence-corrected chi connectivity index (χ0v) is 9.58. The molecule has 1 aliphatic rings. The first-order valence-corrected chi connectivity index (χ1v) is 6.61. The summed E-state index contributed by atoms with van der Waals surface area (Å²) in [6.07, 6.45) is 5.88. The Morgan fingerprint density at radius 3 is 2.75 bits per heavy atom.